The Kier molecular flexibility index (Phi) is 7.74. The van der Waals surface area contributed by atoms with E-state index in [1.807, 2.05) is 12.1 Å². The Balaban J connectivity index is 1.29. The lowest BCUT2D eigenvalue weighted by molar-refractivity contribution is -0.136. The molecule has 1 saturated heterocycles. The molecule has 0 saturated carbocycles. The van der Waals surface area contributed by atoms with Crippen molar-refractivity contribution < 1.29 is 22.8 Å². The van der Waals surface area contributed by atoms with E-state index in [2.05, 4.69) is 15.3 Å². The Morgan fingerprint density at radius 2 is 1.88 bits per heavy atom. The van der Waals surface area contributed by atoms with Crippen LogP contribution < -0.4 is 5.32 Å². The Morgan fingerprint density at radius 1 is 1.10 bits per heavy atom. The summed E-state index contributed by atoms with van der Waals surface area (Å²) in [6.45, 7) is 3.63. The van der Waals surface area contributed by atoms with Gasteiger partial charge in [0.25, 0.3) is 5.91 Å². The molecule has 0 spiro atoms. The number of hydrogen-bond donors (Lipinski definition) is 1. The minimum absolute atomic E-state index is 0.207. The number of fused-ring (bicyclic) bond motifs is 1. The fraction of sp³-hybridized carbons (Fsp3) is 0.345. The lowest BCUT2D eigenvalue weighted by Gasteiger charge is -2.29. The lowest BCUT2D eigenvalue weighted by Crippen LogP contribution is -2.52. The van der Waals surface area contributed by atoms with Crippen molar-refractivity contribution in [3.8, 4) is 0 Å². The smallest absolute Gasteiger partial charge is 0.255 e. The number of halogens is 1. The number of carbonyl (C=O) groups is 3. The average molecular weight is 581 g/mol. The first-order valence-corrected chi connectivity index (χ1v) is 15.1. The summed E-state index contributed by atoms with van der Waals surface area (Å²) in [5, 5.41) is 2.13. The molecule has 11 heteroatoms. The molecule has 1 unspecified atom stereocenters. The van der Waals surface area contributed by atoms with E-state index in [-0.39, 0.29) is 29.6 Å². The molecule has 3 heterocycles. The summed E-state index contributed by atoms with van der Waals surface area (Å²) in [4.78, 5) is 47.6. The summed E-state index contributed by atoms with van der Waals surface area (Å²) in [6.07, 6.45) is 3.45. The third-order valence-electron chi connectivity index (χ3n) is 7.35. The molecule has 1 N–H and O–H groups in total. The van der Waals surface area contributed by atoms with Gasteiger partial charge in [-0.1, -0.05) is 41.9 Å². The number of benzene rings is 2. The summed E-state index contributed by atoms with van der Waals surface area (Å²) < 4.78 is 25.7. The number of aromatic nitrogens is 2. The number of imide groups is 1. The van der Waals surface area contributed by atoms with Gasteiger partial charge in [-0.15, -0.1) is 0 Å². The molecule has 0 aliphatic carbocycles. The summed E-state index contributed by atoms with van der Waals surface area (Å²) in [6, 6.07) is 11.9. The van der Waals surface area contributed by atoms with Crippen LogP contribution in [0.4, 0.5) is 0 Å². The molecule has 3 aromatic rings. The van der Waals surface area contributed by atoms with Crippen molar-refractivity contribution >= 4 is 39.2 Å². The van der Waals surface area contributed by atoms with Gasteiger partial charge in [-0.2, -0.15) is 0 Å². The van der Waals surface area contributed by atoms with Gasteiger partial charge in [0, 0.05) is 37.6 Å². The number of piperidine rings is 1. The fourth-order valence-corrected chi connectivity index (χ4v) is 6.53. The zero-order chi connectivity index (χ0) is 28.6. The van der Waals surface area contributed by atoms with Crippen LogP contribution in [0.2, 0.25) is 5.02 Å². The second-order valence-electron chi connectivity index (χ2n) is 10.4. The molecule has 1 aromatic heterocycles. The molecule has 0 bridgehead atoms. The first-order valence-electron chi connectivity index (χ1n) is 13.1. The Labute approximate surface area is 237 Å². The van der Waals surface area contributed by atoms with Gasteiger partial charge in [0.1, 0.15) is 11.9 Å². The third kappa shape index (κ3) is 5.51. The predicted molar refractivity (Wildman–Crippen MR) is 149 cm³/mol. The summed E-state index contributed by atoms with van der Waals surface area (Å²) >= 11 is 6.41. The first kappa shape index (κ1) is 27.9. The second-order valence-corrected chi connectivity index (χ2v) is 13.2. The molecule has 3 amide bonds. The van der Waals surface area contributed by atoms with Gasteiger partial charge in [-0.05, 0) is 55.5 Å². The first-order chi connectivity index (χ1) is 19.0. The number of aryl methyl sites for hydroxylation is 2. The van der Waals surface area contributed by atoms with E-state index in [0.29, 0.717) is 53.5 Å². The highest BCUT2D eigenvalue weighted by Crippen LogP contribution is 2.29. The van der Waals surface area contributed by atoms with Gasteiger partial charge in [0.2, 0.25) is 11.8 Å². The molecular formula is C29H29ClN4O5S. The Morgan fingerprint density at radius 3 is 2.62 bits per heavy atom. The largest absolute Gasteiger partial charge is 0.322 e. The topological polar surface area (TPSA) is 126 Å². The van der Waals surface area contributed by atoms with Crippen molar-refractivity contribution in [2.75, 3.05) is 0 Å². The standard InChI is InChI=1S/C29H29ClN4O5S/c1-17(2)40(38,39)25-6-4-3-5-19(25)14-23-22(30)15-31-26(32-23)11-8-18-7-9-21-20(13-18)16-34(29(21)37)24-10-12-27(35)33-28(24)36/h3-7,9,13,15,17,24H,8,10-12,14,16H2,1-2H3,(H,33,35,36). The van der Waals surface area contributed by atoms with Crippen LogP contribution in [0, 0.1) is 0 Å². The number of carbonyl (C=O) groups excluding carboxylic acids is 3. The highest BCUT2D eigenvalue weighted by molar-refractivity contribution is 7.92. The molecule has 1 fully saturated rings. The highest BCUT2D eigenvalue weighted by Gasteiger charge is 2.39. The number of nitrogens with one attached hydrogen (secondary N) is 1. The summed E-state index contributed by atoms with van der Waals surface area (Å²) in [7, 11) is -3.47. The molecule has 5 rings (SSSR count). The minimum Gasteiger partial charge on any atom is -0.322 e. The quantitative estimate of drug-likeness (QED) is 0.404. The number of amides is 3. The number of hydrogen-bond acceptors (Lipinski definition) is 7. The van der Waals surface area contributed by atoms with Crippen molar-refractivity contribution in [1.29, 1.82) is 0 Å². The number of sulfone groups is 1. The lowest BCUT2D eigenvalue weighted by atomic mass is 10.0. The maximum absolute atomic E-state index is 12.9. The van der Waals surface area contributed by atoms with Crippen LogP contribution in [0.5, 0.6) is 0 Å². The molecule has 2 aromatic carbocycles. The van der Waals surface area contributed by atoms with E-state index in [4.69, 9.17) is 11.6 Å². The van der Waals surface area contributed by atoms with Crippen molar-refractivity contribution in [3.05, 3.63) is 87.5 Å². The van der Waals surface area contributed by atoms with E-state index in [1.54, 1.807) is 44.2 Å². The van der Waals surface area contributed by atoms with Crippen LogP contribution in [-0.4, -0.2) is 52.3 Å². The van der Waals surface area contributed by atoms with Crippen molar-refractivity contribution in [1.82, 2.24) is 20.2 Å². The summed E-state index contributed by atoms with van der Waals surface area (Å²) in [5.74, 6) is -0.380. The molecule has 1 atom stereocenters. The van der Waals surface area contributed by atoms with Crippen molar-refractivity contribution in [3.63, 3.8) is 0 Å². The zero-order valence-corrected chi connectivity index (χ0v) is 23.8. The molecule has 208 valence electrons. The maximum atomic E-state index is 12.9. The van der Waals surface area contributed by atoms with Gasteiger partial charge in [-0.3, -0.25) is 19.7 Å². The van der Waals surface area contributed by atoms with Crippen LogP contribution in [-0.2, 0) is 45.2 Å². The number of nitrogens with zero attached hydrogens (tertiary/aromatic N) is 3. The minimum atomic E-state index is -3.47. The summed E-state index contributed by atoms with van der Waals surface area (Å²) in [5.41, 5.74) is 3.58. The zero-order valence-electron chi connectivity index (χ0n) is 22.2. The van der Waals surface area contributed by atoms with Crippen LogP contribution in [0.15, 0.2) is 53.6 Å². The van der Waals surface area contributed by atoms with E-state index in [0.717, 1.165) is 11.1 Å². The van der Waals surface area contributed by atoms with Crippen LogP contribution in [0.25, 0.3) is 0 Å². The Hall–Kier alpha value is -3.63. The molecule has 2 aliphatic rings. The van der Waals surface area contributed by atoms with Crippen LogP contribution >= 0.6 is 11.6 Å². The third-order valence-corrected chi connectivity index (χ3v) is 9.92. The Bertz CT molecular complexity index is 1620. The van der Waals surface area contributed by atoms with E-state index in [9.17, 15) is 22.8 Å². The SMILES string of the molecule is CC(C)S(=O)(=O)c1ccccc1Cc1nc(CCc2ccc3c(c2)CN(C2CCC(=O)NC2=O)C3=O)ncc1Cl. The van der Waals surface area contributed by atoms with Gasteiger partial charge in [0.05, 0.1) is 20.9 Å². The van der Waals surface area contributed by atoms with E-state index < -0.39 is 27.0 Å². The predicted octanol–water partition coefficient (Wildman–Crippen LogP) is 3.45. The molecule has 40 heavy (non-hydrogen) atoms. The molecule has 0 radical (unpaired) electrons. The molecule has 9 nitrogen and oxygen atoms in total. The van der Waals surface area contributed by atoms with Crippen LogP contribution in [0.3, 0.4) is 0 Å². The number of rotatable bonds is 8. The van der Waals surface area contributed by atoms with Gasteiger partial charge in [-0.25, -0.2) is 18.4 Å². The average Bonchev–Trinajstić information content (AvgIpc) is 3.24. The monoisotopic (exact) mass is 580 g/mol. The molecular weight excluding hydrogens is 552 g/mol. The highest BCUT2D eigenvalue weighted by atomic mass is 35.5. The van der Waals surface area contributed by atoms with Gasteiger partial charge < -0.3 is 4.90 Å². The van der Waals surface area contributed by atoms with Crippen LogP contribution in [0.1, 0.15) is 65.3 Å². The van der Waals surface area contributed by atoms with Crippen molar-refractivity contribution in [2.45, 2.75) is 68.7 Å². The maximum Gasteiger partial charge on any atom is 0.255 e. The van der Waals surface area contributed by atoms with Crippen molar-refractivity contribution in [2.24, 2.45) is 0 Å². The fourth-order valence-electron chi connectivity index (χ4n) is 5.09. The normalized spacial score (nSPS) is 17.4. The van der Waals surface area contributed by atoms with E-state index >= 15 is 0 Å². The molecule has 2 aliphatic heterocycles. The van der Waals surface area contributed by atoms with Gasteiger partial charge >= 0.3 is 0 Å². The van der Waals surface area contributed by atoms with E-state index in [1.165, 1.54) is 11.1 Å². The second kappa shape index (κ2) is 11.1. The van der Waals surface area contributed by atoms with Gasteiger partial charge in [0.15, 0.2) is 9.84 Å².